The second-order valence-corrected chi connectivity index (χ2v) is 5.12. The summed E-state index contributed by atoms with van der Waals surface area (Å²) in [6, 6.07) is 16.8. The Labute approximate surface area is 132 Å². The first-order valence-electron chi connectivity index (χ1n) is 7.23. The molecule has 1 N–H and O–H groups in total. The molecule has 0 bridgehead atoms. The smallest absolute Gasteiger partial charge is 0.257 e. The van der Waals surface area contributed by atoms with E-state index in [1.807, 2.05) is 42.5 Å². The number of benzene rings is 1. The van der Waals surface area contributed by atoms with Crippen LogP contribution in [0.25, 0.3) is 17.2 Å². The van der Waals surface area contributed by atoms with Crippen LogP contribution in [0, 0.1) is 0 Å². The summed E-state index contributed by atoms with van der Waals surface area (Å²) in [6.45, 7) is 0. The van der Waals surface area contributed by atoms with Crippen molar-refractivity contribution in [3.8, 4) is 0 Å². The first-order chi connectivity index (χ1) is 11.3. The van der Waals surface area contributed by atoms with Crippen molar-refractivity contribution < 1.29 is 13.6 Å². The van der Waals surface area contributed by atoms with Crippen molar-refractivity contribution in [1.82, 2.24) is 5.32 Å². The summed E-state index contributed by atoms with van der Waals surface area (Å²) >= 11 is 0. The lowest BCUT2D eigenvalue weighted by atomic mass is 9.99. The average Bonchev–Trinajstić information content (AvgIpc) is 3.30. The SMILES string of the molecule is O=C1N/C(=C\c2ccco2)C(c2ccco2)=C1c1ccccc1. The Morgan fingerprint density at radius 2 is 1.61 bits per heavy atom. The Kier molecular flexibility index (Phi) is 3.20. The zero-order chi connectivity index (χ0) is 15.6. The third kappa shape index (κ3) is 2.40. The summed E-state index contributed by atoms with van der Waals surface area (Å²) in [5, 5.41) is 2.91. The van der Waals surface area contributed by atoms with Gasteiger partial charge < -0.3 is 14.2 Å². The molecule has 1 aliphatic heterocycles. The number of rotatable bonds is 3. The summed E-state index contributed by atoms with van der Waals surface area (Å²) in [5.41, 5.74) is 2.85. The molecule has 23 heavy (non-hydrogen) atoms. The number of carbonyl (C=O) groups excluding carboxylic acids is 1. The summed E-state index contributed by atoms with van der Waals surface area (Å²) in [7, 11) is 0. The van der Waals surface area contributed by atoms with Gasteiger partial charge in [-0.25, -0.2) is 0 Å². The quantitative estimate of drug-likeness (QED) is 0.797. The third-order valence-electron chi connectivity index (χ3n) is 3.65. The molecular formula is C19H13NO3. The van der Waals surface area contributed by atoms with Gasteiger partial charge in [0, 0.05) is 6.08 Å². The molecule has 3 heterocycles. The monoisotopic (exact) mass is 303 g/mol. The number of hydrogen-bond acceptors (Lipinski definition) is 3. The molecular weight excluding hydrogens is 290 g/mol. The van der Waals surface area contributed by atoms with Gasteiger partial charge in [0.05, 0.1) is 29.4 Å². The highest BCUT2D eigenvalue weighted by molar-refractivity contribution is 6.33. The minimum Gasteiger partial charge on any atom is -0.465 e. The van der Waals surface area contributed by atoms with Gasteiger partial charge >= 0.3 is 0 Å². The van der Waals surface area contributed by atoms with Crippen LogP contribution in [0.1, 0.15) is 17.1 Å². The molecule has 0 saturated heterocycles. The van der Waals surface area contributed by atoms with Crippen LogP contribution >= 0.6 is 0 Å². The molecule has 0 saturated carbocycles. The van der Waals surface area contributed by atoms with E-state index < -0.39 is 0 Å². The number of nitrogens with one attached hydrogen (secondary N) is 1. The molecule has 0 fully saturated rings. The molecule has 0 aliphatic carbocycles. The van der Waals surface area contributed by atoms with E-state index in [1.165, 1.54) is 0 Å². The predicted molar refractivity (Wildman–Crippen MR) is 86.8 cm³/mol. The van der Waals surface area contributed by atoms with Crippen LogP contribution in [0.3, 0.4) is 0 Å². The van der Waals surface area contributed by atoms with Gasteiger partial charge in [-0.05, 0) is 29.8 Å². The van der Waals surface area contributed by atoms with Gasteiger partial charge in [-0.3, -0.25) is 4.79 Å². The van der Waals surface area contributed by atoms with E-state index in [9.17, 15) is 4.79 Å². The van der Waals surface area contributed by atoms with Gasteiger partial charge in [0.1, 0.15) is 11.5 Å². The first kappa shape index (κ1) is 13.4. The Hall–Kier alpha value is -3.27. The van der Waals surface area contributed by atoms with Crippen molar-refractivity contribution >= 4 is 23.1 Å². The van der Waals surface area contributed by atoms with Gasteiger partial charge in [-0.1, -0.05) is 30.3 Å². The van der Waals surface area contributed by atoms with Crippen molar-refractivity contribution in [2.45, 2.75) is 0 Å². The topological polar surface area (TPSA) is 55.4 Å². The molecule has 1 aliphatic rings. The van der Waals surface area contributed by atoms with Crippen LogP contribution < -0.4 is 5.32 Å². The van der Waals surface area contributed by atoms with Crippen molar-refractivity contribution in [1.29, 1.82) is 0 Å². The number of amides is 1. The molecule has 0 spiro atoms. The first-order valence-corrected chi connectivity index (χ1v) is 7.23. The Balaban J connectivity index is 1.93. The van der Waals surface area contributed by atoms with Crippen LogP contribution in [-0.2, 0) is 4.79 Å². The van der Waals surface area contributed by atoms with Gasteiger partial charge in [-0.2, -0.15) is 0 Å². The van der Waals surface area contributed by atoms with Gasteiger partial charge in [0.2, 0.25) is 0 Å². The lowest BCUT2D eigenvalue weighted by molar-refractivity contribution is -0.114. The van der Waals surface area contributed by atoms with Gasteiger partial charge in [0.25, 0.3) is 5.91 Å². The molecule has 4 heteroatoms. The van der Waals surface area contributed by atoms with Crippen molar-refractivity contribution in [2.24, 2.45) is 0 Å². The Bertz CT molecular complexity index is 886. The van der Waals surface area contributed by atoms with Crippen LogP contribution in [0.15, 0.2) is 81.7 Å². The molecule has 0 atom stereocenters. The Morgan fingerprint density at radius 1 is 0.826 bits per heavy atom. The van der Waals surface area contributed by atoms with E-state index in [1.54, 1.807) is 30.7 Å². The zero-order valence-corrected chi connectivity index (χ0v) is 12.2. The maximum Gasteiger partial charge on any atom is 0.257 e. The highest BCUT2D eigenvalue weighted by Crippen LogP contribution is 2.37. The van der Waals surface area contributed by atoms with E-state index in [2.05, 4.69) is 5.32 Å². The summed E-state index contributed by atoms with van der Waals surface area (Å²) in [4.78, 5) is 12.5. The molecule has 0 unspecified atom stereocenters. The molecule has 3 aromatic rings. The number of hydrogen-bond donors (Lipinski definition) is 1. The van der Waals surface area contributed by atoms with Crippen LogP contribution in [0.2, 0.25) is 0 Å². The molecule has 1 amide bonds. The second-order valence-electron chi connectivity index (χ2n) is 5.12. The summed E-state index contributed by atoms with van der Waals surface area (Å²) < 4.78 is 10.9. The lowest BCUT2D eigenvalue weighted by Gasteiger charge is -2.04. The highest BCUT2D eigenvalue weighted by Gasteiger charge is 2.30. The normalized spacial score (nSPS) is 16.2. The summed E-state index contributed by atoms with van der Waals surface area (Å²) in [6.07, 6.45) is 4.99. The average molecular weight is 303 g/mol. The number of allylic oxidation sites excluding steroid dienone is 1. The number of furan rings is 2. The molecule has 112 valence electrons. The van der Waals surface area contributed by atoms with Crippen LogP contribution in [0.4, 0.5) is 0 Å². The molecule has 4 nitrogen and oxygen atoms in total. The second kappa shape index (κ2) is 5.50. The van der Waals surface area contributed by atoms with E-state index in [-0.39, 0.29) is 5.91 Å². The molecule has 1 aromatic carbocycles. The fourth-order valence-electron chi connectivity index (χ4n) is 2.68. The minimum absolute atomic E-state index is 0.152. The van der Waals surface area contributed by atoms with E-state index in [0.717, 1.165) is 11.1 Å². The minimum atomic E-state index is -0.152. The lowest BCUT2D eigenvalue weighted by Crippen LogP contribution is -2.15. The third-order valence-corrected chi connectivity index (χ3v) is 3.65. The largest absolute Gasteiger partial charge is 0.465 e. The predicted octanol–water partition coefficient (Wildman–Crippen LogP) is 3.95. The van der Waals surface area contributed by atoms with E-state index >= 15 is 0 Å². The van der Waals surface area contributed by atoms with Crippen molar-refractivity contribution in [2.75, 3.05) is 0 Å². The van der Waals surface area contributed by atoms with E-state index in [0.29, 0.717) is 22.8 Å². The molecule has 2 aromatic heterocycles. The van der Waals surface area contributed by atoms with E-state index in [4.69, 9.17) is 8.83 Å². The van der Waals surface area contributed by atoms with Gasteiger partial charge in [-0.15, -0.1) is 0 Å². The maximum atomic E-state index is 12.5. The molecule has 0 radical (unpaired) electrons. The van der Waals surface area contributed by atoms with Crippen LogP contribution in [0.5, 0.6) is 0 Å². The maximum absolute atomic E-state index is 12.5. The fraction of sp³-hybridized carbons (Fsp3) is 0. The zero-order valence-electron chi connectivity index (χ0n) is 12.2. The van der Waals surface area contributed by atoms with Gasteiger partial charge in [0.15, 0.2) is 0 Å². The van der Waals surface area contributed by atoms with Crippen molar-refractivity contribution in [3.63, 3.8) is 0 Å². The van der Waals surface area contributed by atoms with Crippen molar-refractivity contribution in [3.05, 3.63) is 89.9 Å². The Morgan fingerprint density at radius 3 is 2.30 bits per heavy atom. The summed E-state index contributed by atoms with van der Waals surface area (Å²) in [5.74, 6) is 1.15. The van der Waals surface area contributed by atoms with Crippen LogP contribution in [-0.4, -0.2) is 5.91 Å². The molecule has 4 rings (SSSR count). The standard InChI is InChI=1S/C19H13NO3/c21-19-17(13-6-2-1-3-7-13)18(16-9-5-11-23-16)15(20-19)12-14-8-4-10-22-14/h1-12H,(H,20,21)/b15-12-. The highest BCUT2D eigenvalue weighted by atomic mass is 16.3. The fourth-order valence-corrected chi connectivity index (χ4v) is 2.68. The number of carbonyl (C=O) groups is 1.